The van der Waals surface area contributed by atoms with Crippen molar-refractivity contribution in [1.29, 1.82) is 5.26 Å². The van der Waals surface area contributed by atoms with Gasteiger partial charge in [-0.1, -0.05) is 12.1 Å². The van der Waals surface area contributed by atoms with E-state index in [4.69, 9.17) is 5.26 Å². The van der Waals surface area contributed by atoms with Crippen molar-refractivity contribution >= 4 is 21.8 Å². The van der Waals surface area contributed by atoms with Crippen LogP contribution in [0.5, 0.6) is 0 Å². The molecule has 0 bridgehead atoms. The molecule has 0 radical (unpaired) electrons. The lowest BCUT2D eigenvalue weighted by atomic mass is 10.1. The molecule has 0 saturated heterocycles. The highest BCUT2D eigenvalue weighted by atomic mass is 79.9. The number of aromatic nitrogens is 1. The molecule has 100 valence electrons. The van der Waals surface area contributed by atoms with E-state index in [0.717, 1.165) is 5.56 Å². The van der Waals surface area contributed by atoms with Crippen molar-refractivity contribution in [1.82, 2.24) is 10.3 Å². The minimum absolute atomic E-state index is 0.151. The lowest BCUT2D eigenvalue weighted by molar-refractivity contribution is 0.0938. The van der Waals surface area contributed by atoms with E-state index in [0.29, 0.717) is 15.7 Å². The molecular weight excluding hydrogens is 318 g/mol. The minimum Gasteiger partial charge on any atom is -0.345 e. The summed E-state index contributed by atoms with van der Waals surface area (Å²) >= 11 is 3.25. The van der Waals surface area contributed by atoms with Gasteiger partial charge in [0.2, 0.25) is 0 Å². The van der Waals surface area contributed by atoms with Gasteiger partial charge in [0.1, 0.15) is 4.60 Å². The molecule has 1 aromatic heterocycles. The Labute approximate surface area is 125 Å². The monoisotopic (exact) mass is 329 g/mol. The quantitative estimate of drug-likeness (QED) is 0.879. The number of nitrogens with zero attached hydrogens (tertiary/aromatic N) is 2. The first-order valence-electron chi connectivity index (χ1n) is 6.03. The second-order valence-electron chi connectivity index (χ2n) is 4.27. The van der Waals surface area contributed by atoms with Crippen molar-refractivity contribution in [3.05, 3.63) is 63.9 Å². The molecule has 1 atom stereocenters. The molecule has 1 aromatic carbocycles. The molecule has 0 fully saturated rings. The molecule has 1 amide bonds. The Balaban J connectivity index is 2.11. The smallest absolute Gasteiger partial charge is 0.254 e. The van der Waals surface area contributed by atoms with Crippen molar-refractivity contribution in [2.24, 2.45) is 0 Å². The minimum atomic E-state index is -0.193. The van der Waals surface area contributed by atoms with Gasteiger partial charge >= 0.3 is 0 Å². The maximum atomic E-state index is 12.1. The van der Waals surface area contributed by atoms with E-state index < -0.39 is 0 Å². The Kier molecular flexibility index (Phi) is 4.49. The number of carbonyl (C=O) groups excluding carboxylic acids is 1. The van der Waals surface area contributed by atoms with Gasteiger partial charge in [-0.2, -0.15) is 5.26 Å². The second-order valence-corrected chi connectivity index (χ2v) is 5.02. The molecule has 5 heteroatoms. The topological polar surface area (TPSA) is 65.8 Å². The van der Waals surface area contributed by atoms with E-state index in [1.807, 2.05) is 19.1 Å². The zero-order valence-electron chi connectivity index (χ0n) is 10.8. The van der Waals surface area contributed by atoms with E-state index in [2.05, 4.69) is 32.3 Å². The average molecular weight is 330 g/mol. The van der Waals surface area contributed by atoms with Crippen molar-refractivity contribution in [2.45, 2.75) is 13.0 Å². The highest BCUT2D eigenvalue weighted by Crippen LogP contribution is 2.16. The number of hydrogen-bond acceptors (Lipinski definition) is 3. The number of rotatable bonds is 3. The van der Waals surface area contributed by atoms with Crippen LogP contribution in [0.25, 0.3) is 0 Å². The summed E-state index contributed by atoms with van der Waals surface area (Å²) in [6.07, 6.45) is 1.62. The number of nitrogens with one attached hydrogen (secondary N) is 1. The zero-order valence-corrected chi connectivity index (χ0v) is 12.4. The molecule has 0 aliphatic rings. The van der Waals surface area contributed by atoms with Crippen LogP contribution in [-0.2, 0) is 0 Å². The van der Waals surface area contributed by atoms with Gasteiger partial charge in [-0.3, -0.25) is 4.79 Å². The number of carbonyl (C=O) groups is 1. The third-order valence-electron chi connectivity index (χ3n) is 2.89. The molecule has 2 aromatic rings. The van der Waals surface area contributed by atoms with Crippen LogP contribution in [0.1, 0.15) is 34.5 Å². The third kappa shape index (κ3) is 3.22. The summed E-state index contributed by atoms with van der Waals surface area (Å²) in [4.78, 5) is 16.2. The van der Waals surface area contributed by atoms with E-state index in [-0.39, 0.29) is 11.9 Å². The van der Waals surface area contributed by atoms with E-state index in [1.54, 1.807) is 30.5 Å². The Morgan fingerprint density at radius 1 is 1.35 bits per heavy atom. The van der Waals surface area contributed by atoms with Gasteiger partial charge in [0, 0.05) is 6.20 Å². The van der Waals surface area contributed by atoms with Crippen LogP contribution in [0.15, 0.2) is 47.2 Å². The summed E-state index contributed by atoms with van der Waals surface area (Å²) in [5, 5.41) is 11.7. The number of nitriles is 1. The summed E-state index contributed by atoms with van der Waals surface area (Å²) in [6.45, 7) is 1.89. The van der Waals surface area contributed by atoms with Crippen molar-refractivity contribution < 1.29 is 4.79 Å². The summed E-state index contributed by atoms with van der Waals surface area (Å²) < 4.78 is 0.518. The molecule has 1 unspecified atom stereocenters. The maximum Gasteiger partial charge on any atom is 0.254 e. The Hall–Kier alpha value is -2.19. The van der Waals surface area contributed by atoms with Crippen molar-refractivity contribution in [3.8, 4) is 6.07 Å². The molecule has 2 rings (SSSR count). The van der Waals surface area contributed by atoms with Crippen LogP contribution in [0.4, 0.5) is 0 Å². The molecule has 0 saturated carbocycles. The lowest BCUT2D eigenvalue weighted by Crippen LogP contribution is -2.27. The van der Waals surface area contributed by atoms with Gasteiger partial charge in [-0.25, -0.2) is 4.98 Å². The SMILES string of the molecule is CC(NC(=O)c1cccnc1Br)c1ccc(C#N)cc1. The van der Waals surface area contributed by atoms with Gasteiger partial charge < -0.3 is 5.32 Å². The third-order valence-corrected chi connectivity index (χ3v) is 3.52. The van der Waals surface area contributed by atoms with Crippen LogP contribution < -0.4 is 5.32 Å². The van der Waals surface area contributed by atoms with E-state index >= 15 is 0 Å². The molecule has 1 N–H and O–H groups in total. The average Bonchev–Trinajstić information content (AvgIpc) is 2.47. The number of pyridine rings is 1. The standard InChI is InChI=1S/C15H12BrN3O/c1-10(12-6-4-11(9-17)5-7-12)19-15(20)13-3-2-8-18-14(13)16/h2-8,10H,1H3,(H,19,20). The number of halogens is 1. The second kappa shape index (κ2) is 6.31. The predicted molar refractivity (Wildman–Crippen MR) is 79.0 cm³/mol. The molecule has 0 aliphatic heterocycles. The maximum absolute atomic E-state index is 12.1. The van der Waals surface area contributed by atoms with Gasteiger partial charge in [-0.05, 0) is 52.7 Å². The van der Waals surface area contributed by atoms with Crippen LogP contribution >= 0.6 is 15.9 Å². The Bertz CT molecular complexity index is 662. The molecule has 4 nitrogen and oxygen atoms in total. The van der Waals surface area contributed by atoms with Crippen LogP contribution in [0.2, 0.25) is 0 Å². The molecule has 1 heterocycles. The normalized spacial score (nSPS) is 11.4. The highest BCUT2D eigenvalue weighted by Gasteiger charge is 2.14. The zero-order chi connectivity index (χ0) is 14.5. The fourth-order valence-corrected chi connectivity index (χ4v) is 2.19. The lowest BCUT2D eigenvalue weighted by Gasteiger charge is -2.14. The Morgan fingerprint density at radius 2 is 2.05 bits per heavy atom. The number of hydrogen-bond donors (Lipinski definition) is 1. The van der Waals surface area contributed by atoms with Crippen LogP contribution in [-0.4, -0.2) is 10.9 Å². The van der Waals surface area contributed by atoms with Gasteiger partial charge in [0.05, 0.1) is 23.2 Å². The van der Waals surface area contributed by atoms with E-state index in [1.165, 1.54) is 0 Å². The first-order valence-corrected chi connectivity index (χ1v) is 6.82. The van der Waals surface area contributed by atoms with E-state index in [9.17, 15) is 4.79 Å². The van der Waals surface area contributed by atoms with Crippen LogP contribution in [0, 0.1) is 11.3 Å². The molecular formula is C15H12BrN3O. The number of amides is 1. The number of benzene rings is 1. The molecule has 20 heavy (non-hydrogen) atoms. The van der Waals surface area contributed by atoms with Crippen molar-refractivity contribution in [3.63, 3.8) is 0 Å². The first-order chi connectivity index (χ1) is 9.61. The Morgan fingerprint density at radius 3 is 2.65 bits per heavy atom. The van der Waals surface area contributed by atoms with Gasteiger partial charge in [0.15, 0.2) is 0 Å². The predicted octanol–water partition coefficient (Wildman–Crippen LogP) is 3.21. The first kappa shape index (κ1) is 14.2. The largest absolute Gasteiger partial charge is 0.345 e. The summed E-state index contributed by atoms with van der Waals surface area (Å²) in [6, 6.07) is 12.5. The van der Waals surface area contributed by atoms with Gasteiger partial charge in [-0.15, -0.1) is 0 Å². The molecule has 0 aliphatic carbocycles. The summed E-state index contributed by atoms with van der Waals surface area (Å²) in [5.74, 6) is -0.193. The molecule has 0 spiro atoms. The fourth-order valence-electron chi connectivity index (χ4n) is 1.76. The van der Waals surface area contributed by atoms with Crippen molar-refractivity contribution in [2.75, 3.05) is 0 Å². The highest BCUT2D eigenvalue weighted by molar-refractivity contribution is 9.10. The summed E-state index contributed by atoms with van der Waals surface area (Å²) in [7, 11) is 0. The van der Waals surface area contributed by atoms with Gasteiger partial charge in [0.25, 0.3) is 5.91 Å². The fraction of sp³-hybridized carbons (Fsp3) is 0.133. The van der Waals surface area contributed by atoms with Crippen LogP contribution in [0.3, 0.4) is 0 Å². The summed E-state index contributed by atoms with van der Waals surface area (Å²) in [5.41, 5.74) is 2.03.